The number of nitrogens with zero attached hydrogens (tertiary/aromatic N) is 1. The highest BCUT2D eigenvalue weighted by atomic mass is 16.5. The minimum atomic E-state index is -0.675. The van der Waals surface area contributed by atoms with Crippen LogP contribution in [0, 0.1) is 5.92 Å². The van der Waals surface area contributed by atoms with Crippen molar-refractivity contribution in [3.8, 4) is 5.75 Å². The second kappa shape index (κ2) is 10.1. The van der Waals surface area contributed by atoms with E-state index >= 15 is 0 Å². The molecule has 1 amide bonds. The Labute approximate surface area is 186 Å². The van der Waals surface area contributed by atoms with Crippen LogP contribution in [0.25, 0.3) is 0 Å². The smallest absolute Gasteiger partial charge is 0.338 e. The number of Topliss-reactive ketones (excluding diaryl/α,β-unsaturated/α-hetero) is 1. The molecule has 0 radical (unpaired) electrons. The first-order chi connectivity index (χ1) is 15.3. The number of esters is 2. The maximum atomic E-state index is 12.4. The van der Waals surface area contributed by atoms with E-state index in [4.69, 9.17) is 14.2 Å². The molecule has 168 valence electrons. The van der Waals surface area contributed by atoms with Gasteiger partial charge in [0.2, 0.25) is 5.91 Å². The lowest BCUT2D eigenvalue weighted by molar-refractivity contribution is -0.147. The summed E-state index contributed by atoms with van der Waals surface area (Å²) in [5.74, 6) is -1.78. The van der Waals surface area contributed by atoms with Crippen molar-refractivity contribution in [1.29, 1.82) is 0 Å². The molecule has 2 aromatic carbocycles. The summed E-state index contributed by atoms with van der Waals surface area (Å²) < 4.78 is 15.4. The molecule has 1 heterocycles. The number of carbonyl (C=O) groups excluding carboxylic acids is 4. The number of carbonyl (C=O) groups is 4. The largest absolute Gasteiger partial charge is 0.497 e. The van der Waals surface area contributed by atoms with Gasteiger partial charge in [-0.05, 0) is 50.2 Å². The molecule has 3 rings (SSSR count). The van der Waals surface area contributed by atoms with Crippen LogP contribution in [-0.4, -0.2) is 50.0 Å². The van der Waals surface area contributed by atoms with E-state index in [0.29, 0.717) is 22.6 Å². The summed E-state index contributed by atoms with van der Waals surface area (Å²) in [5.41, 5.74) is 1.32. The molecule has 1 saturated heterocycles. The lowest BCUT2D eigenvalue weighted by Gasteiger charge is -2.17. The molecule has 8 nitrogen and oxygen atoms in total. The maximum absolute atomic E-state index is 12.4. The Kier molecular flexibility index (Phi) is 7.25. The monoisotopic (exact) mass is 439 g/mol. The van der Waals surface area contributed by atoms with Crippen LogP contribution in [0.5, 0.6) is 5.75 Å². The molecule has 0 aromatic heterocycles. The zero-order valence-corrected chi connectivity index (χ0v) is 18.2. The highest BCUT2D eigenvalue weighted by Gasteiger charge is 2.36. The zero-order valence-electron chi connectivity index (χ0n) is 18.2. The Bertz CT molecular complexity index is 1010. The van der Waals surface area contributed by atoms with Gasteiger partial charge in [0.15, 0.2) is 12.4 Å². The van der Waals surface area contributed by atoms with Gasteiger partial charge >= 0.3 is 11.9 Å². The summed E-state index contributed by atoms with van der Waals surface area (Å²) in [5, 5.41) is 0. The molecule has 0 N–H and O–H groups in total. The highest BCUT2D eigenvalue weighted by molar-refractivity contribution is 6.01. The van der Waals surface area contributed by atoms with Crippen molar-refractivity contribution < 1.29 is 33.4 Å². The van der Waals surface area contributed by atoms with Crippen molar-refractivity contribution in [1.82, 2.24) is 0 Å². The predicted octanol–water partition coefficient (Wildman–Crippen LogP) is 3.04. The third kappa shape index (κ3) is 5.51. The number of hydrogen-bond acceptors (Lipinski definition) is 7. The number of rotatable bonds is 8. The zero-order chi connectivity index (χ0) is 23.3. The van der Waals surface area contributed by atoms with E-state index in [2.05, 4.69) is 0 Å². The van der Waals surface area contributed by atoms with E-state index in [9.17, 15) is 19.2 Å². The predicted molar refractivity (Wildman–Crippen MR) is 116 cm³/mol. The summed E-state index contributed by atoms with van der Waals surface area (Å²) in [6.07, 6.45) is -0.242. The van der Waals surface area contributed by atoms with Gasteiger partial charge in [-0.3, -0.25) is 14.4 Å². The number of ether oxygens (including phenoxy) is 3. The molecule has 0 spiro atoms. The molecule has 1 atom stereocenters. The fourth-order valence-electron chi connectivity index (χ4n) is 3.31. The van der Waals surface area contributed by atoms with Gasteiger partial charge in [0.25, 0.3) is 0 Å². The van der Waals surface area contributed by atoms with Gasteiger partial charge in [0, 0.05) is 24.2 Å². The van der Waals surface area contributed by atoms with Crippen LogP contribution >= 0.6 is 0 Å². The van der Waals surface area contributed by atoms with Crippen LogP contribution < -0.4 is 9.64 Å². The topological polar surface area (TPSA) is 99.2 Å². The first-order valence-electron chi connectivity index (χ1n) is 10.2. The molecule has 1 unspecified atom stereocenters. The summed E-state index contributed by atoms with van der Waals surface area (Å²) in [7, 11) is 1.50. The van der Waals surface area contributed by atoms with E-state index in [1.165, 1.54) is 12.0 Å². The van der Waals surface area contributed by atoms with Gasteiger partial charge in [0.1, 0.15) is 5.75 Å². The van der Waals surface area contributed by atoms with Crippen molar-refractivity contribution >= 4 is 29.3 Å². The summed E-state index contributed by atoms with van der Waals surface area (Å²) in [6, 6.07) is 13.0. The Morgan fingerprint density at radius 1 is 1.06 bits per heavy atom. The average molecular weight is 439 g/mol. The third-order valence-electron chi connectivity index (χ3n) is 4.95. The molecule has 0 saturated carbocycles. The second-order valence-corrected chi connectivity index (χ2v) is 7.67. The minimum Gasteiger partial charge on any atom is -0.497 e. The molecular formula is C24H25NO7. The molecule has 1 aliphatic rings. The summed E-state index contributed by atoms with van der Waals surface area (Å²) in [4.78, 5) is 50.6. The van der Waals surface area contributed by atoms with Gasteiger partial charge in [-0.2, -0.15) is 0 Å². The molecular weight excluding hydrogens is 414 g/mol. The van der Waals surface area contributed by atoms with Gasteiger partial charge in [0.05, 0.1) is 24.7 Å². The van der Waals surface area contributed by atoms with E-state index in [1.54, 1.807) is 62.4 Å². The van der Waals surface area contributed by atoms with Crippen molar-refractivity contribution in [2.45, 2.75) is 26.4 Å². The molecule has 32 heavy (non-hydrogen) atoms. The molecule has 2 aromatic rings. The van der Waals surface area contributed by atoms with Crippen LogP contribution in [0.15, 0.2) is 48.5 Å². The van der Waals surface area contributed by atoms with E-state index < -0.39 is 24.5 Å². The standard InChI is InChI=1S/C24H25NO7/c1-15(2)32-24(29)16-7-9-19(10-8-16)25-13-18(12-22(25)27)23(28)31-14-21(26)17-5-4-6-20(11-17)30-3/h4-11,15,18H,12-14H2,1-3H3. The number of methoxy groups -OCH3 is 1. The average Bonchev–Trinajstić information content (AvgIpc) is 3.18. The van der Waals surface area contributed by atoms with Gasteiger partial charge in [-0.1, -0.05) is 12.1 Å². The van der Waals surface area contributed by atoms with Gasteiger partial charge in [-0.15, -0.1) is 0 Å². The van der Waals surface area contributed by atoms with E-state index in [-0.39, 0.29) is 30.8 Å². The highest BCUT2D eigenvalue weighted by Crippen LogP contribution is 2.26. The van der Waals surface area contributed by atoms with E-state index in [1.807, 2.05) is 0 Å². The molecule has 8 heteroatoms. The Morgan fingerprint density at radius 3 is 2.44 bits per heavy atom. The summed E-state index contributed by atoms with van der Waals surface area (Å²) >= 11 is 0. The van der Waals surface area contributed by atoms with Crippen LogP contribution in [0.2, 0.25) is 0 Å². The Morgan fingerprint density at radius 2 is 1.78 bits per heavy atom. The fraction of sp³-hybridized carbons (Fsp3) is 0.333. The quantitative estimate of drug-likeness (QED) is 0.460. The number of benzene rings is 2. The molecule has 1 aliphatic heterocycles. The lowest BCUT2D eigenvalue weighted by atomic mass is 10.1. The van der Waals surface area contributed by atoms with Gasteiger partial charge < -0.3 is 19.1 Å². The number of anilines is 1. The molecule has 0 bridgehead atoms. The van der Waals surface area contributed by atoms with Crippen LogP contribution in [0.3, 0.4) is 0 Å². The first-order valence-corrected chi connectivity index (χ1v) is 10.2. The molecule has 0 aliphatic carbocycles. The summed E-state index contributed by atoms with van der Waals surface area (Å²) in [6.45, 7) is 3.25. The number of amides is 1. The Hall–Kier alpha value is -3.68. The van der Waals surface area contributed by atoms with Crippen molar-refractivity contribution in [2.24, 2.45) is 5.92 Å². The SMILES string of the molecule is COc1cccc(C(=O)COC(=O)C2CC(=O)N(c3ccc(C(=O)OC(C)C)cc3)C2)c1. The number of hydrogen-bond donors (Lipinski definition) is 0. The number of ketones is 1. The van der Waals surface area contributed by atoms with Crippen molar-refractivity contribution in [2.75, 3.05) is 25.2 Å². The molecule has 1 fully saturated rings. The minimum absolute atomic E-state index is 0.0106. The van der Waals surface area contributed by atoms with Crippen LogP contribution in [0.1, 0.15) is 41.0 Å². The van der Waals surface area contributed by atoms with Crippen LogP contribution in [-0.2, 0) is 19.1 Å². The maximum Gasteiger partial charge on any atom is 0.338 e. The normalized spacial score (nSPS) is 15.6. The Balaban J connectivity index is 1.57. The van der Waals surface area contributed by atoms with Gasteiger partial charge in [-0.25, -0.2) is 4.79 Å². The third-order valence-corrected chi connectivity index (χ3v) is 4.95. The lowest BCUT2D eigenvalue weighted by Crippen LogP contribution is -2.27. The van der Waals surface area contributed by atoms with Crippen molar-refractivity contribution in [3.63, 3.8) is 0 Å². The van der Waals surface area contributed by atoms with E-state index in [0.717, 1.165) is 0 Å². The van der Waals surface area contributed by atoms with Crippen LogP contribution in [0.4, 0.5) is 5.69 Å². The second-order valence-electron chi connectivity index (χ2n) is 7.67. The van der Waals surface area contributed by atoms with Crippen molar-refractivity contribution in [3.05, 3.63) is 59.7 Å². The fourth-order valence-corrected chi connectivity index (χ4v) is 3.31. The first kappa shape index (κ1) is 23.0.